The fourth-order valence-electron chi connectivity index (χ4n) is 6.68. The van der Waals surface area contributed by atoms with Crippen molar-refractivity contribution < 1.29 is 4.57 Å². The molecule has 1 nitrogen and oxygen atoms in total. The van der Waals surface area contributed by atoms with Gasteiger partial charge in [-0.1, -0.05) is 68.1 Å². The monoisotopic (exact) mass is 446 g/mol. The molecule has 2 saturated carbocycles. The molecule has 0 aliphatic heterocycles. The first-order valence-corrected chi connectivity index (χ1v) is 13.3. The molecule has 0 unspecified atom stereocenters. The van der Waals surface area contributed by atoms with Crippen molar-refractivity contribution in [3.8, 4) is 22.4 Å². The van der Waals surface area contributed by atoms with Crippen LogP contribution in [0, 0.1) is 6.92 Å². The second kappa shape index (κ2) is 9.02. The zero-order valence-corrected chi connectivity index (χ0v) is 20.7. The number of aromatic nitrogens is 1. The van der Waals surface area contributed by atoms with Crippen LogP contribution in [0.4, 0.5) is 0 Å². The molecule has 0 spiro atoms. The molecule has 0 amide bonds. The summed E-state index contributed by atoms with van der Waals surface area (Å²) < 4.78 is 2.35. The second-order valence-corrected chi connectivity index (χ2v) is 10.7. The smallest absolute Gasteiger partial charge is 0.200 e. The van der Waals surface area contributed by atoms with Gasteiger partial charge in [0.05, 0.1) is 10.9 Å². The number of benzene rings is 3. The Bertz CT molecular complexity index is 1320. The third-order valence-electron chi connectivity index (χ3n) is 8.59. The van der Waals surface area contributed by atoms with Gasteiger partial charge in [-0.15, -0.1) is 0 Å². The van der Waals surface area contributed by atoms with Crippen molar-refractivity contribution in [2.24, 2.45) is 7.05 Å². The van der Waals surface area contributed by atoms with Gasteiger partial charge in [-0.05, 0) is 95.8 Å². The summed E-state index contributed by atoms with van der Waals surface area (Å²) in [6.07, 6.45) is 13.2. The van der Waals surface area contributed by atoms with Crippen molar-refractivity contribution in [2.45, 2.75) is 70.1 Å². The molecule has 0 atom stereocenters. The summed E-state index contributed by atoms with van der Waals surface area (Å²) in [6.45, 7) is 2.39. The van der Waals surface area contributed by atoms with Crippen LogP contribution >= 0.6 is 0 Å². The molecule has 0 saturated heterocycles. The van der Waals surface area contributed by atoms with E-state index in [2.05, 4.69) is 91.5 Å². The van der Waals surface area contributed by atoms with Crippen molar-refractivity contribution >= 4 is 10.8 Å². The summed E-state index contributed by atoms with van der Waals surface area (Å²) in [7, 11) is 2.22. The van der Waals surface area contributed by atoms with Gasteiger partial charge in [-0.2, -0.15) is 0 Å². The minimum Gasteiger partial charge on any atom is -0.200 e. The van der Waals surface area contributed by atoms with E-state index in [0.29, 0.717) is 0 Å². The number of rotatable bonds is 4. The first-order chi connectivity index (χ1) is 16.7. The molecule has 2 aliphatic rings. The number of hydrogen-bond acceptors (Lipinski definition) is 0. The Morgan fingerprint density at radius 3 is 2.15 bits per heavy atom. The predicted octanol–water partition coefficient (Wildman–Crippen LogP) is 8.62. The molecule has 2 aliphatic carbocycles. The molecule has 3 aromatic carbocycles. The summed E-state index contributed by atoms with van der Waals surface area (Å²) in [4.78, 5) is 0. The molecule has 2 fully saturated rings. The fraction of sp³-hybridized carbons (Fsp3) is 0.364. The SMILES string of the molecule is Cc1c(-c2c3ccc(-c4ccccc4)cc3cc[n+]2C)cc(C2CCCC2)cc1C1CCCC1. The van der Waals surface area contributed by atoms with E-state index in [9.17, 15) is 0 Å². The molecule has 172 valence electrons. The molecule has 4 aromatic rings. The molecule has 0 radical (unpaired) electrons. The largest absolute Gasteiger partial charge is 0.220 e. The van der Waals surface area contributed by atoms with E-state index in [0.717, 1.165) is 11.8 Å². The summed E-state index contributed by atoms with van der Waals surface area (Å²) in [5, 5.41) is 2.68. The number of nitrogens with zero attached hydrogens (tertiary/aromatic N) is 1. The topological polar surface area (TPSA) is 3.88 Å². The summed E-state index contributed by atoms with van der Waals surface area (Å²) in [5.41, 5.74) is 10.1. The molecule has 1 heterocycles. The van der Waals surface area contributed by atoms with Crippen LogP contribution in [0.2, 0.25) is 0 Å². The second-order valence-electron chi connectivity index (χ2n) is 10.7. The summed E-state index contributed by atoms with van der Waals surface area (Å²) in [5.74, 6) is 1.48. The molecule has 0 bridgehead atoms. The number of hydrogen-bond donors (Lipinski definition) is 0. The molecule has 0 N–H and O–H groups in total. The molecule has 1 heteroatoms. The maximum atomic E-state index is 2.61. The first-order valence-electron chi connectivity index (χ1n) is 13.3. The molecular formula is C33H36N+. The van der Waals surface area contributed by atoms with Crippen molar-refractivity contribution in [1.82, 2.24) is 0 Å². The van der Waals surface area contributed by atoms with Gasteiger partial charge in [0.1, 0.15) is 7.05 Å². The van der Waals surface area contributed by atoms with Gasteiger partial charge in [0.2, 0.25) is 5.69 Å². The lowest BCUT2D eigenvalue weighted by molar-refractivity contribution is -0.659. The highest BCUT2D eigenvalue weighted by atomic mass is 14.9. The van der Waals surface area contributed by atoms with E-state index in [1.165, 1.54) is 90.1 Å². The zero-order chi connectivity index (χ0) is 23.1. The highest BCUT2D eigenvalue weighted by Crippen LogP contribution is 2.43. The maximum absolute atomic E-state index is 2.61. The predicted molar refractivity (Wildman–Crippen MR) is 143 cm³/mol. The third-order valence-corrected chi connectivity index (χ3v) is 8.59. The number of pyridine rings is 1. The van der Waals surface area contributed by atoms with Crippen LogP contribution in [0.3, 0.4) is 0 Å². The van der Waals surface area contributed by atoms with Gasteiger partial charge >= 0.3 is 0 Å². The lowest BCUT2D eigenvalue weighted by Crippen LogP contribution is -2.31. The Kier molecular flexibility index (Phi) is 5.73. The van der Waals surface area contributed by atoms with Gasteiger partial charge in [0, 0.05) is 6.07 Å². The van der Waals surface area contributed by atoms with E-state index in [4.69, 9.17) is 0 Å². The molecular weight excluding hydrogens is 410 g/mol. The average Bonchev–Trinajstić information content (AvgIpc) is 3.60. The van der Waals surface area contributed by atoms with Crippen molar-refractivity contribution in [1.29, 1.82) is 0 Å². The maximum Gasteiger partial charge on any atom is 0.220 e. The van der Waals surface area contributed by atoms with Crippen LogP contribution in [-0.2, 0) is 7.05 Å². The molecule has 6 rings (SSSR count). The summed E-state index contributed by atoms with van der Waals surface area (Å²) >= 11 is 0. The van der Waals surface area contributed by atoms with Crippen LogP contribution < -0.4 is 4.57 Å². The minimum atomic E-state index is 0.740. The Morgan fingerprint density at radius 1 is 0.706 bits per heavy atom. The van der Waals surface area contributed by atoms with Crippen LogP contribution in [0.15, 0.2) is 72.9 Å². The van der Waals surface area contributed by atoms with Crippen molar-refractivity contribution in [3.05, 3.63) is 89.6 Å². The van der Waals surface area contributed by atoms with Gasteiger partial charge in [0.15, 0.2) is 6.20 Å². The van der Waals surface area contributed by atoms with Crippen LogP contribution in [0.25, 0.3) is 33.2 Å². The van der Waals surface area contributed by atoms with Crippen LogP contribution in [0.5, 0.6) is 0 Å². The van der Waals surface area contributed by atoms with E-state index in [-0.39, 0.29) is 0 Å². The number of fused-ring (bicyclic) bond motifs is 1. The Labute approximate surface area is 204 Å². The van der Waals surface area contributed by atoms with Gasteiger partial charge < -0.3 is 0 Å². The lowest BCUT2D eigenvalue weighted by Gasteiger charge is -2.21. The van der Waals surface area contributed by atoms with E-state index in [1.807, 2.05) is 0 Å². The number of aryl methyl sites for hydroxylation is 1. The fourth-order valence-corrected chi connectivity index (χ4v) is 6.68. The van der Waals surface area contributed by atoms with Gasteiger partial charge in [0.25, 0.3) is 0 Å². The average molecular weight is 447 g/mol. The standard InChI is InChI=1S/C33H36N/c1-23-31(26-14-8-9-15-26)21-29(25-12-6-7-13-25)22-32(23)33-30-17-16-27(24-10-4-3-5-11-24)20-28(30)18-19-34(33)2/h3-5,10-11,16-22,25-26H,6-9,12-15H2,1-2H3/q+1. The first kappa shape index (κ1) is 21.6. The van der Waals surface area contributed by atoms with E-state index in [1.54, 1.807) is 11.1 Å². The van der Waals surface area contributed by atoms with Crippen molar-refractivity contribution in [3.63, 3.8) is 0 Å². The Morgan fingerprint density at radius 2 is 1.41 bits per heavy atom. The highest BCUT2D eigenvalue weighted by molar-refractivity contribution is 5.96. The Balaban J connectivity index is 1.54. The molecule has 1 aromatic heterocycles. The summed E-state index contributed by atoms with van der Waals surface area (Å²) in [6, 6.07) is 25.2. The van der Waals surface area contributed by atoms with Gasteiger partial charge in [-0.25, -0.2) is 4.57 Å². The Hall–Kier alpha value is -2.93. The van der Waals surface area contributed by atoms with E-state index >= 15 is 0 Å². The van der Waals surface area contributed by atoms with E-state index < -0.39 is 0 Å². The van der Waals surface area contributed by atoms with Gasteiger partial charge in [-0.3, -0.25) is 0 Å². The third kappa shape index (κ3) is 3.86. The van der Waals surface area contributed by atoms with Crippen molar-refractivity contribution in [2.75, 3.05) is 0 Å². The lowest BCUT2D eigenvalue weighted by atomic mass is 9.83. The minimum absolute atomic E-state index is 0.740. The van der Waals surface area contributed by atoms with Crippen LogP contribution in [0.1, 0.15) is 79.9 Å². The normalized spacial score (nSPS) is 17.1. The van der Waals surface area contributed by atoms with Crippen LogP contribution in [-0.4, -0.2) is 0 Å². The molecule has 34 heavy (non-hydrogen) atoms. The quantitative estimate of drug-likeness (QED) is 0.276. The zero-order valence-electron chi connectivity index (χ0n) is 20.7. The highest BCUT2D eigenvalue weighted by Gasteiger charge is 2.27.